The van der Waals surface area contributed by atoms with Crippen LogP contribution in [0.4, 0.5) is 0 Å². The SMILES string of the molecule is COc1cc(O)c2c(c1Cl)[C@](C)(O[C@H]1C[C@@](C)(O)[C@@H](OC)[C@@H](C)O1)[C@H]1C[C@@]3(O)[C@H](N(C)C)C(=O)C(C(N)=O)=C(O)[C@@]3(O)C(=O)C1=C2O. The lowest BCUT2D eigenvalue weighted by molar-refractivity contribution is -0.313. The zero-order valence-electron chi connectivity index (χ0n) is 26.8. The van der Waals surface area contributed by atoms with Crippen LogP contribution < -0.4 is 10.5 Å². The summed E-state index contributed by atoms with van der Waals surface area (Å²) in [5, 5.41) is 69.6. The van der Waals surface area contributed by atoms with Gasteiger partial charge in [0.05, 0.1) is 29.4 Å². The van der Waals surface area contributed by atoms with Gasteiger partial charge in [-0.2, -0.15) is 0 Å². The van der Waals surface area contributed by atoms with Crippen LogP contribution in [0.25, 0.3) is 5.76 Å². The highest BCUT2D eigenvalue weighted by Gasteiger charge is 2.74. The summed E-state index contributed by atoms with van der Waals surface area (Å²) >= 11 is 6.82. The van der Waals surface area contributed by atoms with Crippen LogP contribution in [0.2, 0.25) is 5.02 Å². The molecule has 4 aliphatic rings. The number of nitrogens with zero attached hydrogens (tertiary/aromatic N) is 1. The summed E-state index contributed by atoms with van der Waals surface area (Å²) in [6.45, 7) is 4.59. The van der Waals surface area contributed by atoms with Gasteiger partial charge in [-0.05, 0) is 41.3 Å². The molecule has 0 aromatic heterocycles. The highest BCUT2D eigenvalue weighted by molar-refractivity contribution is 6.33. The van der Waals surface area contributed by atoms with E-state index in [9.17, 15) is 45.0 Å². The number of carbonyl (C=O) groups is 3. The van der Waals surface area contributed by atoms with Crippen molar-refractivity contribution in [2.75, 3.05) is 28.3 Å². The molecule has 258 valence electrons. The number of methoxy groups -OCH3 is 2. The Hall–Kier alpha value is -3.28. The van der Waals surface area contributed by atoms with Gasteiger partial charge in [0.1, 0.15) is 46.2 Å². The Balaban J connectivity index is 1.82. The molecule has 9 atom stereocenters. The zero-order chi connectivity index (χ0) is 35.3. The van der Waals surface area contributed by atoms with Crippen LogP contribution in [-0.4, -0.2) is 123 Å². The van der Waals surface area contributed by atoms with E-state index in [4.69, 9.17) is 36.3 Å². The first-order chi connectivity index (χ1) is 21.6. The van der Waals surface area contributed by atoms with E-state index in [2.05, 4.69) is 0 Å². The predicted octanol–water partition coefficient (Wildman–Crippen LogP) is 0.331. The number of hydrogen-bond donors (Lipinski definition) is 7. The Morgan fingerprint density at radius 2 is 1.72 bits per heavy atom. The van der Waals surface area contributed by atoms with Crippen LogP contribution in [0.1, 0.15) is 44.7 Å². The number of likely N-dealkylation sites (N-methyl/N-ethyl adjacent to an activating group) is 1. The van der Waals surface area contributed by atoms with E-state index in [0.717, 1.165) is 11.0 Å². The summed E-state index contributed by atoms with van der Waals surface area (Å²) in [5.74, 6) is -8.67. The van der Waals surface area contributed by atoms with Gasteiger partial charge >= 0.3 is 0 Å². The van der Waals surface area contributed by atoms with Crippen molar-refractivity contribution in [3.8, 4) is 11.5 Å². The number of ether oxygens (including phenoxy) is 4. The first kappa shape index (κ1) is 35.0. The van der Waals surface area contributed by atoms with Gasteiger partial charge in [0.25, 0.3) is 5.91 Å². The molecule has 2 fully saturated rings. The number of benzene rings is 1. The minimum absolute atomic E-state index is 0.0543. The van der Waals surface area contributed by atoms with Crippen LogP contribution in [0.5, 0.6) is 11.5 Å². The number of aromatic hydroxyl groups is 1. The Morgan fingerprint density at radius 1 is 1.11 bits per heavy atom. The number of halogens is 1. The topological polar surface area (TPSA) is 239 Å². The van der Waals surface area contributed by atoms with Gasteiger partial charge in [-0.25, -0.2) is 0 Å². The maximum Gasteiger partial charge on any atom is 0.255 e. The largest absolute Gasteiger partial charge is 0.508 e. The molecule has 1 heterocycles. The second kappa shape index (κ2) is 11.1. The number of carbonyl (C=O) groups excluding carboxylic acids is 3. The average molecular weight is 683 g/mol. The first-order valence-corrected chi connectivity index (χ1v) is 15.1. The summed E-state index contributed by atoms with van der Waals surface area (Å²) in [7, 11) is 5.36. The highest BCUT2D eigenvalue weighted by atomic mass is 35.5. The lowest BCUT2D eigenvalue weighted by Gasteiger charge is -2.58. The van der Waals surface area contributed by atoms with E-state index < -0.39 is 111 Å². The van der Waals surface area contributed by atoms with Crippen LogP contribution >= 0.6 is 11.6 Å². The molecule has 16 heteroatoms. The number of phenolic OH excluding ortho intramolecular Hbond substituents is 1. The molecule has 0 radical (unpaired) electrons. The van der Waals surface area contributed by atoms with Crippen molar-refractivity contribution in [1.29, 1.82) is 0 Å². The number of Topliss-reactive ketones (excluding diaryl/α,β-unsaturated/α-hetero) is 2. The molecule has 1 saturated heterocycles. The lowest BCUT2D eigenvalue weighted by atomic mass is 9.52. The van der Waals surface area contributed by atoms with Gasteiger partial charge in [0.15, 0.2) is 17.8 Å². The molecule has 15 nitrogen and oxygen atoms in total. The third-order valence-corrected chi connectivity index (χ3v) is 10.4. The lowest BCUT2D eigenvalue weighted by Crippen LogP contribution is -2.77. The summed E-state index contributed by atoms with van der Waals surface area (Å²) in [6, 6.07) is -0.749. The smallest absolute Gasteiger partial charge is 0.255 e. The van der Waals surface area contributed by atoms with E-state index in [1.807, 2.05) is 0 Å². The number of aliphatic hydroxyl groups is 5. The molecule has 47 heavy (non-hydrogen) atoms. The second-order valence-corrected chi connectivity index (χ2v) is 13.6. The monoisotopic (exact) mass is 682 g/mol. The van der Waals surface area contributed by atoms with Crippen molar-refractivity contribution in [3.05, 3.63) is 39.1 Å². The zero-order valence-corrected chi connectivity index (χ0v) is 27.6. The summed E-state index contributed by atoms with van der Waals surface area (Å²) in [6.07, 6.45) is -3.71. The molecular formula is C31H39ClN2O13. The molecule has 5 rings (SSSR count). The first-order valence-electron chi connectivity index (χ1n) is 14.7. The molecular weight excluding hydrogens is 644 g/mol. The van der Waals surface area contributed by atoms with Gasteiger partial charge in [-0.3, -0.25) is 19.3 Å². The van der Waals surface area contributed by atoms with Crippen molar-refractivity contribution >= 4 is 34.8 Å². The van der Waals surface area contributed by atoms with E-state index in [1.54, 1.807) is 6.92 Å². The van der Waals surface area contributed by atoms with Gasteiger partial charge in [-0.15, -0.1) is 0 Å². The quantitative estimate of drug-likeness (QED) is 0.200. The van der Waals surface area contributed by atoms with Crippen molar-refractivity contribution in [1.82, 2.24) is 4.90 Å². The van der Waals surface area contributed by atoms with E-state index in [-0.39, 0.29) is 22.8 Å². The van der Waals surface area contributed by atoms with Gasteiger partial charge in [0, 0.05) is 36.7 Å². The van der Waals surface area contributed by atoms with Gasteiger partial charge < -0.3 is 55.3 Å². The Labute approximate surface area is 274 Å². The molecule has 1 amide bonds. The normalized spacial score (nSPS) is 38.7. The molecule has 0 unspecified atom stereocenters. The van der Waals surface area contributed by atoms with E-state index in [0.29, 0.717) is 0 Å². The Kier molecular flexibility index (Phi) is 8.30. The molecule has 1 saturated carbocycles. The summed E-state index contributed by atoms with van der Waals surface area (Å²) < 4.78 is 23.5. The summed E-state index contributed by atoms with van der Waals surface area (Å²) in [5.41, 5.74) is -6.56. The summed E-state index contributed by atoms with van der Waals surface area (Å²) in [4.78, 5) is 41.7. The van der Waals surface area contributed by atoms with E-state index >= 15 is 0 Å². The molecule has 3 aliphatic carbocycles. The van der Waals surface area contributed by atoms with Gasteiger partial charge in [-0.1, -0.05) is 11.6 Å². The minimum atomic E-state index is -3.38. The van der Waals surface area contributed by atoms with E-state index in [1.165, 1.54) is 42.2 Å². The predicted molar refractivity (Wildman–Crippen MR) is 162 cm³/mol. The maximum atomic E-state index is 14.5. The number of rotatable bonds is 6. The molecule has 0 bridgehead atoms. The average Bonchev–Trinajstić information content (AvgIpc) is 2.94. The minimum Gasteiger partial charge on any atom is -0.508 e. The van der Waals surface area contributed by atoms with Gasteiger partial charge in [0.2, 0.25) is 11.4 Å². The van der Waals surface area contributed by atoms with Crippen molar-refractivity contribution in [3.63, 3.8) is 0 Å². The van der Waals surface area contributed by atoms with Crippen molar-refractivity contribution in [2.45, 2.75) is 80.6 Å². The number of ketones is 2. The van der Waals surface area contributed by atoms with Crippen LogP contribution in [-0.2, 0) is 34.2 Å². The number of aliphatic hydroxyl groups excluding tert-OH is 2. The maximum absolute atomic E-state index is 14.5. The second-order valence-electron chi connectivity index (χ2n) is 13.2. The molecule has 8 N–H and O–H groups in total. The van der Waals surface area contributed by atoms with Crippen molar-refractivity contribution < 1.29 is 64.0 Å². The number of nitrogens with two attached hydrogens (primary N) is 1. The molecule has 1 aliphatic heterocycles. The standard InChI is InChI=1S/C31H39ClN2O13/c1-11-26(45-7)28(2,41)10-15(46-11)47-29(3)12-9-30(42)23(34(4)5)22(37)18(27(33)40)25(39)31(30,43)24(38)16(12)21(36)17-13(35)8-14(44-6)20(32)19(17)29/h8,11-12,15,23,26,35-36,39,41-43H,9-10H2,1-7H3,(H2,33,40)/t11-,12+,15+,23-,26+,28-,29-,30-,31+/m1/s1. The molecule has 1 aromatic rings. The number of primary amides is 1. The molecule has 1 aromatic carbocycles. The molecule has 0 spiro atoms. The number of amides is 1. The fourth-order valence-electron chi connectivity index (χ4n) is 8.06. The number of fused-ring (bicyclic) bond motifs is 3. The Morgan fingerprint density at radius 3 is 2.23 bits per heavy atom. The number of hydrogen-bond acceptors (Lipinski definition) is 14. The Bertz CT molecular complexity index is 1640. The van der Waals surface area contributed by atoms with Crippen LogP contribution in [0.15, 0.2) is 23.0 Å². The number of phenols is 1. The van der Waals surface area contributed by atoms with Crippen LogP contribution in [0.3, 0.4) is 0 Å². The van der Waals surface area contributed by atoms with Crippen molar-refractivity contribution in [2.24, 2.45) is 11.7 Å². The fraction of sp³-hybridized carbons (Fsp3) is 0.581. The van der Waals surface area contributed by atoms with Crippen LogP contribution in [0, 0.1) is 5.92 Å². The third kappa shape index (κ3) is 4.55. The fourth-order valence-corrected chi connectivity index (χ4v) is 8.47. The highest BCUT2D eigenvalue weighted by Crippen LogP contribution is 2.62. The third-order valence-electron chi connectivity index (χ3n) is 10.1.